The van der Waals surface area contributed by atoms with Gasteiger partial charge >= 0.3 is 0 Å². The molecule has 2 unspecified atom stereocenters. The summed E-state index contributed by atoms with van der Waals surface area (Å²) in [6.07, 6.45) is 5.83. The van der Waals surface area contributed by atoms with Crippen LogP contribution in [0.4, 0.5) is 0 Å². The van der Waals surface area contributed by atoms with Crippen molar-refractivity contribution < 1.29 is 4.79 Å². The quantitative estimate of drug-likeness (QED) is 0.545. The molecule has 3 N–H and O–H groups in total. The number of rotatable bonds is 6. The van der Waals surface area contributed by atoms with Gasteiger partial charge in [0.05, 0.1) is 0 Å². The number of hydrogen-bond donors (Lipinski definition) is 3. The van der Waals surface area contributed by atoms with Gasteiger partial charge in [0.1, 0.15) is 0 Å². The molecular formula is C18H28N4OS. The molecule has 1 saturated carbocycles. The standard InChI is InChI=1S/C18H28N4OS/c1-4-20-17(23)14-7-5-6-13(10-14)12-21-18(19-2)22-15-8-9-16(11-15)24-3/h5-7,10,15-16H,4,8-9,11-12H2,1-3H3,(H,20,23)(H2,19,21,22). The average molecular weight is 349 g/mol. The molecule has 1 aromatic carbocycles. The van der Waals surface area contributed by atoms with Crippen molar-refractivity contribution in [1.82, 2.24) is 16.0 Å². The van der Waals surface area contributed by atoms with Gasteiger partial charge in [-0.1, -0.05) is 12.1 Å². The Labute approximate surface area is 149 Å². The number of carbonyl (C=O) groups is 1. The van der Waals surface area contributed by atoms with Crippen molar-refractivity contribution in [1.29, 1.82) is 0 Å². The summed E-state index contributed by atoms with van der Waals surface area (Å²) in [5, 5.41) is 10.4. The van der Waals surface area contributed by atoms with Crippen molar-refractivity contribution >= 4 is 23.6 Å². The summed E-state index contributed by atoms with van der Waals surface area (Å²) in [5.41, 5.74) is 1.76. The van der Waals surface area contributed by atoms with Crippen LogP contribution in [-0.2, 0) is 6.54 Å². The number of benzene rings is 1. The summed E-state index contributed by atoms with van der Waals surface area (Å²) in [6, 6.07) is 8.18. The molecule has 1 aromatic rings. The van der Waals surface area contributed by atoms with Gasteiger partial charge in [0.15, 0.2) is 5.96 Å². The van der Waals surface area contributed by atoms with Gasteiger partial charge in [-0.3, -0.25) is 9.79 Å². The lowest BCUT2D eigenvalue weighted by atomic mass is 10.1. The molecule has 0 radical (unpaired) electrons. The highest BCUT2D eigenvalue weighted by molar-refractivity contribution is 7.99. The molecule has 1 fully saturated rings. The highest BCUT2D eigenvalue weighted by Gasteiger charge is 2.24. The lowest BCUT2D eigenvalue weighted by Gasteiger charge is -2.17. The molecule has 2 atom stereocenters. The highest BCUT2D eigenvalue weighted by atomic mass is 32.2. The summed E-state index contributed by atoms with van der Waals surface area (Å²) >= 11 is 1.95. The molecule has 1 aliphatic rings. The first-order valence-electron chi connectivity index (χ1n) is 8.53. The van der Waals surface area contributed by atoms with Crippen molar-refractivity contribution in [2.24, 2.45) is 4.99 Å². The number of guanidine groups is 1. The molecule has 132 valence electrons. The number of hydrogen-bond acceptors (Lipinski definition) is 3. The van der Waals surface area contributed by atoms with E-state index in [1.807, 2.05) is 43.0 Å². The second kappa shape index (κ2) is 9.57. The third-order valence-electron chi connectivity index (χ3n) is 4.27. The molecule has 1 aliphatic carbocycles. The van der Waals surface area contributed by atoms with E-state index in [1.54, 1.807) is 7.05 Å². The lowest BCUT2D eigenvalue weighted by molar-refractivity contribution is 0.0955. The molecule has 1 amide bonds. The molecule has 0 saturated heterocycles. The lowest BCUT2D eigenvalue weighted by Crippen LogP contribution is -2.42. The molecule has 2 rings (SSSR count). The Morgan fingerprint density at radius 3 is 2.83 bits per heavy atom. The number of nitrogens with one attached hydrogen (secondary N) is 3. The van der Waals surface area contributed by atoms with Crippen LogP contribution in [0.2, 0.25) is 0 Å². The minimum absolute atomic E-state index is 0.0316. The maximum atomic E-state index is 11.9. The van der Waals surface area contributed by atoms with Gasteiger partial charge in [0.2, 0.25) is 0 Å². The predicted octanol–water partition coefficient (Wildman–Crippen LogP) is 2.39. The molecule has 5 nitrogen and oxygen atoms in total. The van der Waals surface area contributed by atoms with Crippen LogP contribution in [0.1, 0.15) is 42.1 Å². The third-order valence-corrected chi connectivity index (χ3v) is 5.36. The molecule has 6 heteroatoms. The monoisotopic (exact) mass is 348 g/mol. The first-order valence-corrected chi connectivity index (χ1v) is 9.82. The van der Waals surface area contributed by atoms with E-state index in [0.717, 1.165) is 16.8 Å². The Bertz CT molecular complexity index is 576. The first-order chi connectivity index (χ1) is 11.7. The SMILES string of the molecule is CCNC(=O)c1cccc(CNC(=NC)NC2CCC(SC)C2)c1. The highest BCUT2D eigenvalue weighted by Crippen LogP contribution is 2.27. The van der Waals surface area contributed by atoms with Crippen molar-refractivity contribution in [2.75, 3.05) is 19.8 Å². The van der Waals surface area contributed by atoms with Crippen LogP contribution in [0, 0.1) is 0 Å². The number of carbonyl (C=O) groups excluding carboxylic acids is 1. The summed E-state index contributed by atoms with van der Waals surface area (Å²) in [5.74, 6) is 0.793. The Hall–Kier alpha value is -1.69. The van der Waals surface area contributed by atoms with Crippen LogP contribution in [0.15, 0.2) is 29.3 Å². The van der Waals surface area contributed by atoms with Crippen LogP contribution >= 0.6 is 11.8 Å². The molecule has 0 spiro atoms. The zero-order valence-electron chi connectivity index (χ0n) is 14.8. The third kappa shape index (κ3) is 5.44. The van der Waals surface area contributed by atoms with Crippen molar-refractivity contribution in [3.8, 4) is 0 Å². The zero-order valence-corrected chi connectivity index (χ0v) is 15.6. The van der Waals surface area contributed by atoms with Gasteiger partial charge in [-0.05, 0) is 50.1 Å². The van der Waals surface area contributed by atoms with Crippen LogP contribution in [0.25, 0.3) is 0 Å². The topological polar surface area (TPSA) is 65.5 Å². The van der Waals surface area contributed by atoms with Crippen molar-refractivity contribution in [3.05, 3.63) is 35.4 Å². The Morgan fingerprint density at radius 1 is 1.33 bits per heavy atom. The molecule has 0 aliphatic heterocycles. The fourth-order valence-corrected chi connectivity index (χ4v) is 3.74. The van der Waals surface area contributed by atoms with E-state index in [0.29, 0.717) is 24.7 Å². The average Bonchev–Trinajstić information content (AvgIpc) is 3.06. The van der Waals surface area contributed by atoms with E-state index in [-0.39, 0.29) is 5.91 Å². The normalized spacial score (nSPS) is 20.7. The van der Waals surface area contributed by atoms with Crippen molar-refractivity contribution in [3.63, 3.8) is 0 Å². The van der Waals surface area contributed by atoms with E-state index in [9.17, 15) is 4.79 Å². The van der Waals surface area contributed by atoms with E-state index < -0.39 is 0 Å². The smallest absolute Gasteiger partial charge is 0.251 e. The summed E-state index contributed by atoms with van der Waals surface area (Å²) in [4.78, 5) is 16.2. The summed E-state index contributed by atoms with van der Waals surface area (Å²) < 4.78 is 0. The molecule has 24 heavy (non-hydrogen) atoms. The zero-order chi connectivity index (χ0) is 17.4. The van der Waals surface area contributed by atoms with Crippen LogP contribution in [0.3, 0.4) is 0 Å². The van der Waals surface area contributed by atoms with E-state index in [1.165, 1.54) is 19.3 Å². The maximum absolute atomic E-state index is 11.9. The van der Waals surface area contributed by atoms with Gasteiger partial charge in [0, 0.05) is 37.0 Å². The fraction of sp³-hybridized carbons (Fsp3) is 0.556. The Morgan fingerprint density at radius 2 is 2.17 bits per heavy atom. The molecule has 0 heterocycles. The minimum atomic E-state index is -0.0316. The van der Waals surface area contributed by atoms with Gasteiger partial charge in [-0.15, -0.1) is 0 Å². The van der Waals surface area contributed by atoms with Crippen LogP contribution in [-0.4, -0.2) is 43.0 Å². The molecule has 0 aromatic heterocycles. The van der Waals surface area contributed by atoms with Crippen molar-refractivity contribution in [2.45, 2.75) is 44.0 Å². The van der Waals surface area contributed by atoms with Gasteiger partial charge in [0.25, 0.3) is 5.91 Å². The van der Waals surface area contributed by atoms with E-state index >= 15 is 0 Å². The maximum Gasteiger partial charge on any atom is 0.251 e. The Balaban J connectivity index is 1.87. The first kappa shape index (κ1) is 18.6. The predicted molar refractivity (Wildman–Crippen MR) is 103 cm³/mol. The van der Waals surface area contributed by atoms with Crippen LogP contribution < -0.4 is 16.0 Å². The largest absolute Gasteiger partial charge is 0.354 e. The number of nitrogens with zero attached hydrogens (tertiary/aromatic N) is 1. The van der Waals surface area contributed by atoms with Gasteiger partial charge in [-0.2, -0.15) is 11.8 Å². The number of thioether (sulfide) groups is 1. The van der Waals surface area contributed by atoms with Gasteiger partial charge < -0.3 is 16.0 Å². The summed E-state index contributed by atoms with van der Waals surface area (Å²) in [7, 11) is 1.79. The van der Waals surface area contributed by atoms with Gasteiger partial charge in [-0.25, -0.2) is 0 Å². The fourth-order valence-electron chi connectivity index (χ4n) is 2.94. The van der Waals surface area contributed by atoms with E-state index in [2.05, 4.69) is 27.2 Å². The number of aliphatic imine (C=N–C) groups is 1. The van der Waals surface area contributed by atoms with Crippen LogP contribution in [0.5, 0.6) is 0 Å². The minimum Gasteiger partial charge on any atom is -0.354 e. The molecule has 0 bridgehead atoms. The van der Waals surface area contributed by atoms with E-state index in [4.69, 9.17) is 0 Å². The second-order valence-electron chi connectivity index (χ2n) is 6.00. The molecular weight excluding hydrogens is 320 g/mol. The Kier molecular flexibility index (Phi) is 7.43. The second-order valence-corrected chi connectivity index (χ2v) is 7.14. The number of amides is 1. The summed E-state index contributed by atoms with van der Waals surface area (Å²) in [6.45, 7) is 3.20.